The molecule has 6 aromatic carbocycles. The topological polar surface area (TPSA) is 26.4 Å². The van der Waals surface area contributed by atoms with Crippen molar-refractivity contribution in [3.8, 4) is 16.8 Å². The van der Waals surface area contributed by atoms with E-state index in [2.05, 4.69) is 83.3 Å². The summed E-state index contributed by atoms with van der Waals surface area (Å²) < 4.78 is 4.14. The third-order valence-corrected chi connectivity index (χ3v) is 7.69. The van der Waals surface area contributed by atoms with Crippen molar-refractivity contribution in [1.82, 2.24) is 8.97 Å². The number of rotatable bonds is 2. The minimum Gasteiger partial charge on any atom is -0.294 e. The largest absolute Gasteiger partial charge is 0.294 e. The first-order valence-corrected chi connectivity index (χ1v) is 12.8. The first kappa shape index (κ1) is 21.0. The van der Waals surface area contributed by atoms with Gasteiger partial charge in [-0.2, -0.15) is 0 Å². The van der Waals surface area contributed by atoms with E-state index in [1.54, 1.807) is 0 Å². The zero-order valence-electron chi connectivity index (χ0n) is 20.5. The molecule has 178 valence electrons. The molecule has 0 aliphatic rings. The van der Waals surface area contributed by atoms with Crippen LogP contribution in [0.3, 0.4) is 0 Å². The molecule has 8 aromatic rings. The van der Waals surface area contributed by atoms with Crippen LogP contribution in [0.2, 0.25) is 0 Å². The van der Waals surface area contributed by atoms with Crippen molar-refractivity contribution < 1.29 is 0 Å². The normalized spacial score (nSPS) is 11.8. The predicted octanol–water partition coefficient (Wildman–Crippen LogP) is 8.37. The van der Waals surface area contributed by atoms with Crippen molar-refractivity contribution in [3.05, 3.63) is 144 Å². The maximum absolute atomic E-state index is 14.3. The molecule has 0 saturated heterocycles. The Morgan fingerprint density at radius 3 is 1.74 bits per heavy atom. The van der Waals surface area contributed by atoms with Crippen LogP contribution in [0.4, 0.5) is 0 Å². The summed E-state index contributed by atoms with van der Waals surface area (Å²) in [4.78, 5) is 14.3. The smallest absolute Gasteiger partial charge is 0.266 e. The van der Waals surface area contributed by atoms with Gasteiger partial charge in [0, 0.05) is 10.8 Å². The highest BCUT2D eigenvalue weighted by molar-refractivity contribution is 6.26. The number of fused-ring (bicyclic) bond motifs is 10. The molecule has 3 heteroatoms. The summed E-state index contributed by atoms with van der Waals surface area (Å²) in [5, 5.41) is 6.62. The van der Waals surface area contributed by atoms with Gasteiger partial charge < -0.3 is 0 Å². The molecule has 0 saturated carbocycles. The van der Waals surface area contributed by atoms with Crippen molar-refractivity contribution >= 4 is 49.0 Å². The summed E-state index contributed by atoms with van der Waals surface area (Å²) in [6, 6.07) is 45.8. The Bertz CT molecular complexity index is 2240. The number of benzene rings is 6. The summed E-state index contributed by atoms with van der Waals surface area (Å²) in [6.07, 6.45) is 0. The lowest BCUT2D eigenvalue weighted by Gasteiger charge is -2.14. The average Bonchev–Trinajstić information content (AvgIpc) is 3.39. The van der Waals surface area contributed by atoms with E-state index >= 15 is 0 Å². The van der Waals surface area contributed by atoms with Gasteiger partial charge in [-0.3, -0.25) is 13.8 Å². The second kappa shape index (κ2) is 7.92. The molecule has 0 aliphatic carbocycles. The van der Waals surface area contributed by atoms with Gasteiger partial charge in [-0.1, -0.05) is 103 Å². The van der Waals surface area contributed by atoms with Crippen LogP contribution in [0.5, 0.6) is 0 Å². The van der Waals surface area contributed by atoms with Crippen LogP contribution >= 0.6 is 0 Å². The first-order chi connectivity index (χ1) is 18.8. The minimum atomic E-state index is -0.0205. The number of para-hydroxylation sites is 1. The van der Waals surface area contributed by atoms with Crippen molar-refractivity contribution in [2.75, 3.05) is 0 Å². The molecule has 0 aliphatic heterocycles. The summed E-state index contributed by atoms with van der Waals surface area (Å²) in [5.74, 6) is 0. The van der Waals surface area contributed by atoms with Gasteiger partial charge >= 0.3 is 0 Å². The van der Waals surface area contributed by atoms with Gasteiger partial charge in [-0.25, -0.2) is 0 Å². The fourth-order valence-electron chi connectivity index (χ4n) is 6.02. The monoisotopic (exact) mass is 486 g/mol. The van der Waals surface area contributed by atoms with Crippen LogP contribution in [0.1, 0.15) is 0 Å². The molecule has 0 atom stereocenters. The molecular weight excluding hydrogens is 464 g/mol. The molecular formula is C35H22N2O. The number of nitrogens with zero attached hydrogens (tertiary/aromatic N) is 2. The van der Waals surface area contributed by atoms with E-state index in [0.29, 0.717) is 5.39 Å². The number of aromatic nitrogens is 2. The lowest BCUT2D eigenvalue weighted by Crippen LogP contribution is -2.21. The molecule has 2 aromatic heterocycles. The first-order valence-electron chi connectivity index (χ1n) is 12.8. The number of hydrogen-bond acceptors (Lipinski definition) is 1. The van der Waals surface area contributed by atoms with Gasteiger partial charge in [-0.05, 0) is 57.6 Å². The van der Waals surface area contributed by atoms with E-state index < -0.39 is 0 Å². The summed E-state index contributed by atoms with van der Waals surface area (Å²) in [6.45, 7) is 0. The zero-order valence-corrected chi connectivity index (χ0v) is 20.5. The van der Waals surface area contributed by atoms with Crippen LogP contribution in [0.15, 0.2) is 138 Å². The van der Waals surface area contributed by atoms with Crippen molar-refractivity contribution in [3.63, 3.8) is 0 Å². The Hall–Kier alpha value is -5.15. The number of hydrogen-bond donors (Lipinski definition) is 0. The molecule has 3 nitrogen and oxygen atoms in total. The third-order valence-electron chi connectivity index (χ3n) is 7.69. The van der Waals surface area contributed by atoms with Crippen LogP contribution in [-0.2, 0) is 0 Å². The van der Waals surface area contributed by atoms with Gasteiger partial charge in [0.1, 0.15) is 5.65 Å². The maximum Gasteiger partial charge on any atom is 0.266 e. The fourth-order valence-corrected chi connectivity index (χ4v) is 6.02. The quantitative estimate of drug-likeness (QED) is 0.225. The summed E-state index contributed by atoms with van der Waals surface area (Å²) in [7, 11) is 0. The van der Waals surface area contributed by atoms with Crippen molar-refractivity contribution in [1.29, 1.82) is 0 Å². The lowest BCUT2D eigenvalue weighted by atomic mass is 9.98. The highest BCUT2D eigenvalue weighted by atomic mass is 16.1. The van der Waals surface area contributed by atoms with Gasteiger partial charge in [0.15, 0.2) is 0 Å². The Kier molecular flexibility index (Phi) is 4.38. The van der Waals surface area contributed by atoms with Crippen LogP contribution < -0.4 is 5.56 Å². The highest BCUT2D eigenvalue weighted by Crippen LogP contribution is 2.38. The third kappa shape index (κ3) is 2.87. The fraction of sp³-hybridized carbons (Fsp3) is 0. The Labute approximate surface area is 218 Å². The Morgan fingerprint density at radius 1 is 0.447 bits per heavy atom. The standard InChI is InChI=1S/C35H22N2O/c38-35-31-21-24(23-11-3-1-4-12-23)19-20-32(31)37-33(36(35)25-13-5-2-6-14-25)22-30-28-17-8-7-15-26(28)27-16-9-10-18-29(27)34(30)37/h1-22H. The Balaban J connectivity index is 1.65. The molecule has 0 unspecified atom stereocenters. The van der Waals surface area contributed by atoms with Gasteiger partial charge in [0.25, 0.3) is 5.56 Å². The highest BCUT2D eigenvalue weighted by Gasteiger charge is 2.19. The Morgan fingerprint density at radius 2 is 1.03 bits per heavy atom. The maximum atomic E-state index is 14.3. The van der Waals surface area contributed by atoms with Crippen molar-refractivity contribution in [2.45, 2.75) is 0 Å². The second-order valence-electron chi connectivity index (χ2n) is 9.77. The van der Waals surface area contributed by atoms with E-state index in [9.17, 15) is 4.79 Å². The molecule has 0 spiro atoms. The van der Waals surface area contributed by atoms with Gasteiger partial charge in [-0.15, -0.1) is 0 Å². The van der Waals surface area contributed by atoms with Crippen LogP contribution in [0, 0.1) is 0 Å². The summed E-state index contributed by atoms with van der Waals surface area (Å²) >= 11 is 0. The predicted molar refractivity (Wildman–Crippen MR) is 158 cm³/mol. The molecule has 0 fully saturated rings. The van der Waals surface area contributed by atoms with E-state index in [4.69, 9.17) is 0 Å². The van der Waals surface area contributed by atoms with Gasteiger partial charge in [0.2, 0.25) is 0 Å². The minimum absolute atomic E-state index is 0.0205. The summed E-state index contributed by atoms with van der Waals surface area (Å²) in [5.41, 5.74) is 5.84. The molecule has 38 heavy (non-hydrogen) atoms. The molecule has 0 bridgehead atoms. The SMILES string of the molecule is O=c1c2cc(-c3ccccc3)ccc2n2c3c4ccccc4c4ccccc4c3cc2n1-c1ccccc1. The molecule has 0 radical (unpaired) electrons. The van der Waals surface area contributed by atoms with E-state index in [1.807, 2.05) is 59.2 Å². The van der Waals surface area contributed by atoms with Crippen molar-refractivity contribution in [2.24, 2.45) is 0 Å². The second-order valence-corrected chi connectivity index (χ2v) is 9.77. The van der Waals surface area contributed by atoms with Gasteiger partial charge in [0.05, 0.1) is 22.1 Å². The lowest BCUT2D eigenvalue weighted by molar-refractivity contribution is 1.01. The van der Waals surface area contributed by atoms with E-state index in [0.717, 1.165) is 38.9 Å². The van der Waals surface area contributed by atoms with Crippen LogP contribution in [-0.4, -0.2) is 8.97 Å². The zero-order chi connectivity index (χ0) is 25.2. The van der Waals surface area contributed by atoms with E-state index in [-0.39, 0.29) is 5.56 Å². The molecule has 2 heterocycles. The molecule has 8 rings (SSSR count). The molecule has 0 N–H and O–H groups in total. The van der Waals surface area contributed by atoms with E-state index in [1.165, 1.54) is 21.5 Å². The average molecular weight is 487 g/mol. The molecule has 0 amide bonds. The van der Waals surface area contributed by atoms with Crippen LogP contribution in [0.25, 0.3) is 65.8 Å².